The van der Waals surface area contributed by atoms with Crippen LogP contribution in [0.1, 0.15) is 168 Å². The highest BCUT2D eigenvalue weighted by Crippen LogP contribution is 2.26. The van der Waals surface area contributed by atoms with Gasteiger partial charge in [0.05, 0.1) is 25.4 Å². The van der Waals surface area contributed by atoms with Crippen molar-refractivity contribution in [1.29, 1.82) is 0 Å². The van der Waals surface area contributed by atoms with Crippen LogP contribution in [0.3, 0.4) is 0 Å². The first-order chi connectivity index (χ1) is 25.4. The lowest BCUT2D eigenvalue weighted by atomic mass is 9.99. The van der Waals surface area contributed by atoms with E-state index in [0.717, 1.165) is 38.5 Å². The molecule has 1 rings (SSSR count). The molecule has 14 heteroatoms. The summed E-state index contributed by atoms with van der Waals surface area (Å²) in [5, 5.41) is 54.8. The zero-order valence-corrected chi connectivity index (χ0v) is 33.5. The molecule has 0 bridgehead atoms. The predicted octanol–water partition coefficient (Wildman–Crippen LogP) is 5.80. The number of carbonyl (C=O) groups excluding carboxylic acids is 1. The van der Waals surface area contributed by atoms with Crippen LogP contribution in [0.4, 0.5) is 0 Å². The molecule has 0 aromatic rings. The SMILES string of the molecule is CCCCCCCCCCCCCCCC/C=C/C(O)C(COC1OC(CO)C(O)C(OS(=O)(=O)O)C1O)NC(=O)C(O)CCCCCCCCCC. The van der Waals surface area contributed by atoms with Crippen LogP contribution >= 0.6 is 0 Å². The molecular weight excluding hydrogens is 706 g/mol. The van der Waals surface area contributed by atoms with Gasteiger partial charge in [0, 0.05) is 0 Å². The molecule has 314 valence electrons. The van der Waals surface area contributed by atoms with Crippen molar-refractivity contribution in [2.24, 2.45) is 0 Å². The Morgan fingerprint density at radius 3 is 1.70 bits per heavy atom. The monoisotopic (exact) mass is 782 g/mol. The van der Waals surface area contributed by atoms with Gasteiger partial charge in [0.2, 0.25) is 5.91 Å². The number of aliphatic hydroxyl groups excluding tert-OH is 5. The van der Waals surface area contributed by atoms with Crippen LogP contribution in [0.5, 0.6) is 0 Å². The molecule has 0 radical (unpaired) electrons. The van der Waals surface area contributed by atoms with Gasteiger partial charge in [-0.1, -0.05) is 161 Å². The molecule has 0 aromatic heterocycles. The summed E-state index contributed by atoms with van der Waals surface area (Å²) in [4.78, 5) is 13.0. The quantitative estimate of drug-likeness (QED) is 0.0235. The van der Waals surface area contributed by atoms with Crippen molar-refractivity contribution in [3.8, 4) is 0 Å². The number of amides is 1. The van der Waals surface area contributed by atoms with Gasteiger partial charge in [0.25, 0.3) is 0 Å². The molecule has 0 aromatic carbocycles. The van der Waals surface area contributed by atoms with Gasteiger partial charge in [-0.05, 0) is 19.3 Å². The van der Waals surface area contributed by atoms with Gasteiger partial charge in [-0.15, -0.1) is 0 Å². The van der Waals surface area contributed by atoms with Gasteiger partial charge >= 0.3 is 10.4 Å². The molecule has 0 saturated carbocycles. The Labute approximate surface area is 320 Å². The van der Waals surface area contributed by atoms with E-state index in [2.05, 4.69) is 23.3 Å². The average molecular weight is 782 g/mol. The van der Waals surface area contributed by atoms with Crippen molar-refractivity contribution < 1.29 is 57.0 Å². The first-order valence-electron chi connectivity index (χ1n) is 20.7. The van der Waals surface area contributed by atoms with E-state index >= 15 is 0 Å². The molecule has 1 saturated heterocycles. The summed E-state index contributed by atoms with van der Waals surface area (Å²) in [6, 6.07) is -1.11. The molecule has 0 aliphatic carbocycles. The minimum Gasteiger partial charge on any atom is -0.394 e. The van der Waals surface area contributed by atoms with Crippen molar-refractivity contribution in [2.45, 2.75) is 217 Å². The lowest BCUT2D eigenvalue weighted by Crippen LogP contribution is -2.61. The number of nitrogens with one attached hydrogen (secondary N) is 1. The van der Waals surface area contributed by atoms with Crippen LogP contribution in [0.25, 0.3) is 0 Å². The molecule has 1 amide bonds. The van der Waals surface area contributed by atoms with E-state index in [0.29, 0.717) is 12.8 Å². The molecule has 1 aliphatic rings. The smallest absolute Gasteiger partial charge is 0.394 e. The Morgan fingerprint density at radius 2 is 1.23 bits per heavy atom. The second-order valence-corrected chi connectivity index (χ2v) is 15.8. The molecule has 1 aliphatic heterocycles. The molecule has 13 nitrogen and oxygen atoms in total. The Hall–Kier alpha value is -1.20. The van der Waals surface area contributed by atoms with Crippen molar-refractivity contribution in [2.75, 3.05) is 13.2 Å². The number of unbranched alkanes of at least 4 members (excludes halogenated alkanes) is 21. The summed E-state index contributed by atoms with van der Waals surface area (Å²) in [7, 11) is -5.11. The normalized spacial score (nSPS) is 22.6. The number of carbonyl (C=O) groups is 1. The Kier molecular flexibility index (Phi) is 29.1. The first-order valence-corrected chi connectivity index (χ1v) is 22.0. The minimum atomic E-state index is -5.11. The lowest BCUT2D eigenvalue weighted by molar-refractivity contribution is -0.298. The van der Waals surface area contributed by atoms with E-state index < -0.39 is 78.5 Å². The van der Waals surface area contributed by atoms with Crippen LogP contribution in [0, 0.1) is 0 Å². The van der Waals surface area contributed by atoms with Gasteiger partial charge in [-0.3, -0.25) is 9.35 Å². The van der Waals surface area contributed by atoms with E-state index in [4.69, 9.17) is 14.0 Å². The number of hydrogen-bond acceptors (Lipinski definition) is 11. The Balaban J connectivity index is 2.65. The third kappa shape index (κ3) is 24.1. The molecule has 1 fully saturated rings. The highest BCUT2D eigenvalue weighted by Gasteiger charge is 2.48. The van der Waals surface area contributed by atoms with E-state index in [1.165, 1.54) is 102 Å². The molecule has 0 spiro atoms. The average Bonchev–Trinajstić information content (AvgIpc) is 3.12. The molecule has 7 N–H and O–H groups in total. The van der Waals surface area contributed by atoms with Gasteiger partial charge in [0.15, 0.2) is 6.29 Å². The number of aliphatic hydroxyl groups is 5. The Morgan fingerprint density at radius 1 is 0.755 bits per heavy atom. The fraction of sp³-hybridized carbons (Fsp3) is 0.923. The molecule has 8 atom stereocenters. The Bertz CT molecular complexity index is 1030. The second-order valence-electron chi connectivity index (χ2n) is 14.7. The van der Waals surface area contributed by atoms with E-state index in [1.54, 1.807) is 0 Å². The maximum Gasteiger partial charge on any atom is 0.397 e. The fourth-order valence-corrected chi connectivity index (χ4v) is 7.09. The summed E-state index contributed by atoms with van der Waals surface area (Å²) in [5.74, 6) is -0.706. The van der Waals surface area contributed by atoms with Crippen LogP contribution in [-0.2, 0) is 28.9 Å². The topological polar surface area (TPSA) is 212 Å². The molecule has 53 heavy (non-hydrogen) atoms. The van der Waals surface area contributed by atoms with E-state index in [1.807, 2.05) is 6.08 Å². The fourth-order valence-electron chi connectivity index (χ4n) is 6.58. The largest absolute Gasteiger partial charge is 0.397 e. The third-order valence-electron chi connectivity index (χ3n) is 9.93. The summed E-state index contributed by atoms with van der Waals surface area (Å²) < 4.78 is 47.3. The van der Waals surface area contributed by atoms with Crippen LogP contribution < -0.4 is 5.32 Å². The first kappa shape index (κ1) is 49.8. The van der Waals surface area contributed by atoms with Crippen LogP contribution in [0.15, 0.2) is 12.2 Å². The minimum absolute atomic E-state index is 0.245. The second kappa shape index (κ2) is 31.0. The van der Waals surface area contributed by atoms with Crippen LogP contribution in [-0.4, -0.2) is 107 Å². The molecule has 8 unspecified atom stereocenters. The van der Waals surface area contributed by atoms with Gasteiger partial charge < -0.3 is 40.3 Å². The van der Waals surface area contributed by atoms with Gasteiger partial charge in [-0.25, -0.2) is 4.18 Å². The number of rotatable bonds is 34. The number of hydrogen-bond donors (Lipinski definition) is 7. The van der Waals surface area contributed by atoms with Crippen LogP contribution in [0.2, 0.25) is 0 Å². The zero-order chi connectivity index (χ0) is 39.3. The van der Waals surface area contributed by atoms with Crippen molar-refractivity contribution in [3.63, 3.8) is 0 Å². The maximum absolute atomic E-state index is 13.0. The zero-order valence-electron chi connectivity index (χ0n) is 32.7. The highest BCUT2D eigenvalue weighted by atomic mass is 32.3. The van der Waals surface area contributed by atoms with Crippen molar-refractivity contribution >= 4 is 16.3 Å². The summed E-state index contributed by atoms with van der Waals surface area (Å²) in [5.41, 5.74) is 0. The van der Waals surface area contributed by atoms with E-state index in [-0.39, 0.29) is 6.42 Å². The highest BCUT2D eigenvalue weighted by molar-refractivity contribution is 7.80. The van der Waals surface area contributed by atoms with Crippen molar-refractivity contribution in [3.05, 3.63) is 12.2 Å². The van der Waals surface area contributed by atoms with E-state index in [9.17, 15) is 38.7 Å². The van der Waals surface area contributed by atoms with Gasteiger partial charge in [0.1, 0.15) is 30.5 Å². The molecular formula is C39H75NO12S. The number of allylic oxidation sites excluding steroid dienone is 1. The summed E-state index contributed by atoms with van der Waals surface area (Å²) in [6.45, 7) is 3.15. The standard InChI is InChI=1S/C39H75NO12S/c1-3-5-7-9-11-13-14-15-16-17-18-19-20-22-23-25-27-32(42)31(40-38(46)33(43)28-26-24-21-12-10-8-6-4-2)30-50-39-36(45)37(52-53(47,48)49)35(44)34(29-41)51-39/h25,27,31-37,39,41-45H,3-24,26,28-30H2,1-2H3,(H,40,46)(H,47,48,49)/b27-25+. The number of ether oxygens (including phenoxy) is 2. The predicted molar refractivity (Wildman–Crippen MR) is 205 cm³/mol. The summed E-state index contributed by atoms with van der Waals surface area (Å²) >= 11 is 0. The summed E-state index contributed by atoms with van der Waals surface area (Å²) in [6.07, 6.45) is 18.9. The van der Waals surface area contributed by atoms with Crippen molar-refractivity contribution in [1.82, 2.24) is 5.32 Å². The lowest BCUT2D eigenvalue weighted by Gasteiger charge is -2.41. The maximum atomic E-state index is 13.0. The third-order valence-corrected chi connectivity index (χ3v) is 10.4. The van der Waals surface area contributed by atoms with Gasteiger partial charge in [-0.2, -0.15) is 8.42 Å². The molecule has 1 heterocycles.